The van der Waals surface area contributed by atoms with Crippen LogP contribution in [0.25, 0.3) is 0 Å². The van der Waals surface area contributed by atoms with Crippen LogP contribution in [0.4, 0.5) is 22.0 Å². The molecule has 2 N–H and O–H groups in total. The van der Waals surface area contributed by atoms with E-state index in [0.717, 1.165) is 16.9 Å². The van der Waals surface area contributed by atoms with Gasteiger partial charge in [0.15, 0.2) is 0 Å². The number of amides is 1. The Hall–Kier alpha value is -2.27. The van der Waals surface area contributed by atoms with Gasteiger partial charge in [-0.15, -0.1) is 0 Å². The lowest BCUT2D eigenvalue weighted by Gasteiger charge is -2.19. The maximum Gasteiger partial charge on any atom is 0.413 e. The summed E-state index contributed by atoms with van der Waals surface area (Å²) in [4.78, 5) is 15.8. The quantitative estimate of drug-likeness (QED) is 0.816. The molecule has 1 heterocycles. The van der Waals surface area contributed by atoms with Crippen LogP contribution in [0.5, 0.6) is 0 Å². The van der Waals surface area contributed by atoms with Crippen LogP contribution in [0.2, 0.25) is 5.02 Å². The molecule has 0 spiro atoms. The topological polar surface area (TPSA) is 63.2 Å². The van der Waals surface area contributed by atoms with Crippen molar-refractivity contribution >= 4 is 34.9 Å². The predicted molar refractivity (Wildman–Crippen MR) is 93.6 cm³/mol. The fourth-order valence-corrected chi connectivity index (χ4v) is 1.97. The standard InChI is InChI=1S/C17H20ClN3O2/c1-11-5-6-12(9-14(11)18)20-13-7-8-15(19-10-13)21-16(22)23-17(2,3)4/h5-10,20H,1-4H3,(H,19,21,22). The molecule has 6 heteroatoms. The van der Waals surface area contributed by atoms with Crippen LogP contribution >= 0.6 is 11.6 Å². The first-order valence-electron chi connectivity index (χ1n) is 7.22. The Labute approximate surface area is 141 Å². The summed E-state index contributed by atoms with van der Waals surface area (Å²) < 4.78 is 5.17. The van der Waals surface area contributed by atoms with Gasteiger partial charge in [0.1, 0.15) is 11.4 Å². The largest absolute Gasteiger partial charge is 0.444 e. The summed E-state index contributed by atoms with van der Waals surface area (Å²) in [6, 6.07) is 9.24. The molecule has 1 aromatic carbocycles. The van der Waals surface area contributed by atoms with Crippen molar-refractivity contribution in [2.45, 2.75) is 33.3 Å². The van der Waals surface area contributed by atoms with Gasteiger partial charge in [-0.3, -0.25) is 5.32 Å². The van der Waals surface area contributed by atoms with Crippen LogP contribution in [0.3, 0.4) is 0 Å². The highest BCUT2D eigenvalue weighted by Crippen LogP contribution is 2.23. The summed E-state index contributed by atoms with van der Waals surface area (Å²) in [5, 5.41) is 6.48. The number of hydrogen-bond donors (Lipinski definition) is 2. The summed E-state index contributed by atoms with van der Waals surface area (Å²) in [6.07, 6.45) is 1.09. The van der Waals surface area contributed by atoms with Gasteiger partial charge in [0.05, 0.1) is 11.9 Å². The molecule has 0 unspecified atom stereocenters. The SMILES string of the molecule is Cc1ccc(Nc2ccc(NC(=O)OC(C)(C)C)nc2)cc1Cl. The molecule has 0 bridgehead atoms. The molecule has 5 nitrogen and oxygen atoms in total. The Bertz CT molecular complexity index is 694. The van der Waals surface area contributed by atoms with E-state index in [1.165, 1.54) is 0 Å². The highest BCUT2D eigenvalue weighted by molar-refractivity contribution is 6.31. The van der Waals surface area contributed by atoms with Crippen molar-refractivity contribution in [1.82, 2.24) is 4.98 Å². The molecule has 0 fully saturated rings. The molecular formula is C17H20ClN3O2. The zero-order valence-electron chi connectivity index (χ0n) is 13.6. The number of benzene rings is 1. The molecule has 0 aliphatic heterocycles. The minimum Gasteiger partial charge on any atom is -0.444 e. The number of pyridine rings is 1. The van der Waals surface area contributed by atoms with Crippen LogP contribution < -0.4 is 10.6 Å². The van der Waals surface area contributed by atoms with Crippen LogP contribution in [-0.2, 0) is 4.74 Å². The van der Waals surface area contributed by atoms with E-state index in [1.807, 2.05) is 31.2 Å². The third-order valence-corrected chi connectivity index (χ3v) is 3.26. The van der Waals surface area contributed by atoms with E-state index in [1.54, 1.807) is 33.0 Å². The average Bonchev–Trinajstić information content (AvgIpc) is 2.43. The number of aromatic nitrogens is 1. The van der Waals surface area contributed by atoms with E-state index in [4.69, 9.17) is 16.3 Å². The van der Waals surface area contributed by atoms with Crippen molar-refractivity contribution in [3.63, 3.8) is 0 Å². The van der Waals surface area contributed by atoms with Gasteiger partial charge in [0.25, 0.3) is 0 Å². The zero-order valence-corrected chi connectivity index (χ0v) is 14.4. The number of ether oxygens (including phenoxy) is 1. The summed E-state index contributed by atoms with van der Waals surface area (Å²) in [5.74, 6) is 0.423. The summed E-state index contributed by atoms with van der Waals surface area (Å²) in [7, 11) is 0. The molecule has 2 rings (SSSR count). The molecule has 0 radical (unpaired) electrons. The molecule has 122 valence electrons. The minimum absolute atomic E-state index is 0.423. The van der Waals surface area contributed by atoms with E-state index in [2.05, 4.69) is 15.6 Å². The van der Waals surface area contributed by atoms with Crippen LogP contribution in [0.1, 0.15) is 26.3 Å². The van der Waals surface area contributed by atoms with E-state index in [0.29, 0.717) is 10.8 Å². The maximum atomic E-state index is 11.7. The first kappa shape index (κ1) is 17.1. The highest BCUT2D eigenvalue weighted by atomic mass is 35.5. The van der Waals surface area contributed by atoms with Gasteiger partial charge < -0.3 is 10.1 Å². The summed E-state index contributed by atoms with van der Waals surface area (Å²) in [5.41, 5.74) is 2.14. The predicted octanol–water partition coefficient (Wildman–Crippen LogP) is 5.13. The number of nitrogens with zero attached hydrogens (tertiary/aromatic N) is 1. The number of rotatable bonds is 3. The molecule has 1 aromatic heterocycles. The van der Waals surface area contributed by atoms with Crippen molar-refractivity contribution in [3.05, 3.63) is 47.1 Å². The fourth-order valence-electron chi connectivity index (χ4n) is 1.79. The highest BCUT2D eigenvalue weighted by Gasteiger charge is 2.16. The zero-order chi connectivity index (χ0) is 17.0. The first-order valence-corrected chi connectivity index (χ1v) is 7.60. The molecule has 0 atom stereocenters. The number of anilines is 3. The lowest BCUT2D eigenvalue weighted by molar-refractivity contribution is 0.0635. The number of halogens is 1. The third kappa shape index (κ3) is 5.45. The van der Waals surface area contributed by atoms with Crippen LogP contribution in [-0.4, -0.2) is 16.7 Å². The molecule has 0 saturated heterocycles. The molecule has 2 aromatic rings. The molecule has 0 saturated carbocycles. The molecular weight excluding hydrogens is 314 g/mol. The van der Waals surface area contributed by atoms with Crippen molar-refractivity contribution in [3.8, 4) is 0 Å². The Morgan fingerprint density at radius 3 is 2.43 bits per heavy atom. The first-order chi connectivity index (χ1) is 10.7. The third-order valence-electron chi connectivity index (χ3n) is 2.85. The Kier molecular flexibility index (Phi) is 5.11. The van der Waals surface area contributed by atoms with Crippen LogP contribution in [0, 0.1) is 6.92 Å². The number of nitrogens with one attached hydrogen (secondary N) is 2. The number of carbonyl (C=O) groups excluding carboxylic acids is 1. The normalized spacial score (nSPS) is 11.0. The summed E-state index contributed by atoms with van der Waals surface area (Å²) >= 11 is 6.10. The van der Waals surface area contributed by atoms with Crippen molar-refractivity contribution in [2.24, 2.45) is 0 Å². The van der Waals surface area contributed by atoms with Crippen LogP contribution in [0.15, 0.2) is 36.5 Å². The van der Waals surface area contributed by atoms with Crippen molar-refractivity contribution in [1.29, 1.82) is 0 Å². The Balaban J connectivity index is 1.99. The fraction of sp³-hybridized carbons (Fsp3) is 0.294. The lowest BCUT2D eigenvalue weighted by atomic mass is 10.2. The van der Waals surface area contributed by atoms with Crippen molar-refractivity contribution in [2.75, 3.05) is 10.6 Å². The lowest BCUT2D eigenvalue weighted by Crippen LogP contribution is -2.27. The summed E-state index contributed by atoms with van der Waals surface area (Å²) in [6.45, 7) is 7.37. The Morgan fingerprint density at radius 1 is 1.17 bits per heavy atom. The van der Waals surface area contributed by atoms with Gasteiger partial charge in [0, 0.05) is 10.7 Å². The molecule has 23 heavy (non-hydrogen) atoms. The molecule has 1 amide bonds. The van der Waals surface area contributed by atoms with Gasteiger partial charge in [-0.2, -0.15) is 0 Å². The molecule has 0 aliphatic carbocycles. The molecule has 0 aliphatic rings. The van der Waals surface area contributed by atoms with Crippen molar-refractivity contribution < 1.29 is 9.53 Å². The monoisotopic (exact) mass is 333 g/mol. The van der Waals surface area contributed by atoms with E-state index >= 15 is 0 Å². The number of hydrogen-bond acceptors (Lipinski definition) is 4. The van der Waals surface area contributed by atoms with E-state index in [-0.39, 0.29) is 0 Å². The second-order valence-electron chi connectivity index (χ2n) is 6.15. The number of aryl methyl sites for hydroxylation is 1. The van der Waals surface area contributed by atoms with E-state index < -0.39 is 11.7 Å². The maximum absolute atomic E-state index is 11.7. The second kappa shape index (κ2) is 6.87. The van der Waals surface area contributed by atoms with Gasteiger partial charge in [-0.05, 0) is 57.5 Å². The van der Waals surface area contributed by atoms with Gasteiger partial charge >= 0.3 is 6.09 Å². The Morgan fingerprint density at radius 2 is 1.87 bits per heavy atom. The van der Waals surface area contributed by atoms with Gasteiger partial charge in [-0.1, -0.05) is 17.7 Å². The smallest absolute Gasteiger partial charge is 0.413 e. The minimum atomic E-state index is -0.545. The second-order valence-corrected chi connectivity index (χ2v) is 6.56. The van der Waals surface area contributed by atoms with Gasteiger partial charge in [0.2, 0.25) is 0 Å². The average molecular weight is 334 g/mol. The number of carbonyl (C=O) groups is 1. The van der Waals surface area contributed by atoms with E-state index in [9.17, 15) is 4.79 Å². The van der Waals surface area contributed by atoms with Gasteiger partial charge in [-0.25, -0.2) is 9.78 Å².